The lowest BCUT2D eigenvalue weighted by atomic mass is 9.77. The molecule has 2 unspecified atom stereocenters. The van der Waals surface area contributed by atoms with Crippen molar-refractivity contribution in [1.29, 1.82) is 0 Å². The van der Waals surface area contributed by atoms with Gasteiger partial charge in [0.15, 0.2) is 0 Å². The van der Waals surface area contributed by atoms with Crippen molar-refractivity contribution in [2.45, 2.75) is 19.3 Å². The highest BCUT2D eigenvalue weighted by atomic mass is 16.4. The highest BCUT2D eigenvalue weighted by Crippen LogP contribution is 2.29. The second-order valence-electron chi connectivity index (χ2n) is 4.78. The topological polar surface area (TPSA) is 61.4 Å². The molecule has 0 aromatic heterocycles. The number of aliphatic carboxylic acids is 1. The lowest BCUT2D eigenvalue weighted by Crippen LogP contribution is -2.44. The Kier molecular flexibility index (Phi) is 3.59. The SMILES string of the molecule is O=C(O)C1CNCC(C2CCNCC2)C1. The van der Waals surface area contributed by atoms with Crippen molar-refractivity contribution in [1.82, 2.24) is 10.6 Å². The maximum Gasteiger partial charge on any atom is 0.307 e. The summed E-state index contributed by atoms with van der Waals surface area (Å²) in [6.45, 7) is 3.85. The minimum atomic E-state index is -0.638. The van der Waals surface area contributed by atoms with E-state index in [0.717, 1.165) is 32.0 Å². The van der Waals surface area contributed by atoms with Crippen LogP contribution in [-0.4, -0.2) is 37.3 Å². The van der Waals surface area contributed by atoms with Gasteiger partial charge in [0.05, 0.1) is 5.92 Å². The van der Waals surface area contributed by atoms with Gasteiger partial charge in [-0.15, -0.1) is 0 Å². The van der Waals surface area contributed by atoms with Gasteiger partial charge >= 0.3 is 5.97 Å². The number of nitrogens with one attached hydrogen (secondary N) is 2. The van der Waals surface area contributed by atoms with E-state index in [2.05, 4.69) is 10.6 Å². The van der Waals surface area contributed by atoms with E-state index in [1.807, 2.05) is 0 Å². The molecule has 3 N–H and O–H groups in total. The van der Waals surface area contributed by atoms with Gasteiger partial charge in [-0.25, -0.2) is 0 Å². The highest BCUT2D eigenvalue weighted by molar-refractivity contribution is 5.70. The van der Waals surface area contributed by atoms with Gasteiger partial charge in [0.2, 0.25) is 0 Å². The Morgan fingerprint density at radius 3 is 2.47 bits per heavy atom. The zero-order valence-electron chi connectivity index (χ0n) is 9.04. The Labute approximate surface area is 90.4 Å². The van der Waals surface area contributed by atoms with Crippen molar-refractivity contribution in [3.63, 3.8) is 0 Å². The normalized spacial score (nSPS) is 33.9. The maximum absolute atomic E-state index is 10.9. The molecule has 0 saturated carbocycles. The Morgan fingerprint density at radius 2 is 1.80 bits per heavy atom. The van der Waals surface area contributed by atoms with Crippen LogP contribution >= 0.6 is 0 Å². The molecular weight excluding hydrogens is 192 g/mol. The van der Waals surface area contributed by atoms with Gasteiger partial charge in [-0.05, 0) is 50.7 Å². The predicted molar refractivity (Wildman–Crippen MR) is 57.7 cm³/mol. The molecule has 0 spiro atoms. The fourth-order valence-corrected chi connectivity index (χ4v) is 2.84. The van der Waals surface area contributed by atoms with E-state index in [0.29, 0.717) is 12.5 Å². The molecule has 0 aromatic carbocycles. The van der Waals surface area contributed by atoms with Crippen molar-refractivity contribution in [2.24, 2.45) is 17.8 Å². The number of carboxylic acid groups (broad SMARTS) is 1. The molecule has 0 amide bonds. The zero-order valence-corrected chi connectivity index (χ0v) is 9.04. The maximum atomic E-state index is 10.9. The van der Waals surface area contributed by atoms with Gasteiger partial charge in [0, 0.05) is 6.54 Å². The van der Waals surface area contributed by atoms with Gasteiger partial charge < -0.3 is 15.7 Å². The molecule has 2 heterocycles. The highest BCUT2D eigenvalue weighted by Gasteiger charge is 2.31. The van der Waals surface area contributed by atoms with Crippen LogP contribution in [0.15, 0.2) is 0 Å². The fourth-order valence-electron chi connectivity index (χ4n) is 2.84. The van der Waals surface area contributed by atoms with Crippen LogP contribution in [0.25, 0.3) is 0 Å². The molecule has 15 heavy (non-hydrogen) atoms. The number of hydrogen-bond acceptors (Lipinski definition) is 3. The molecular formula is C11H20N2O2. The predicted octanol–water partition coefficient (Wildman–Crippen LogP) is 0.296. The molecule has 0 aliphatic carbocycles. The third-order valence-corrected chi connectivity index (χ3v) is 3.78. The molecule has 0 radical (unpaired) electrons. The molecule has 0 aromatic rings. The number of carboxylic acids is 1. The van der Waals surface area contributed by atoms with Gasteiger partial charge in [-0.3, -0.25) is 4.79 Å². The number of rotatable bonds is 2. The van der Waals surface area contributed by atoms with Crippen LogP contribution in [0.4, 0.5) is 0 Å². The monoisotopic (exact) mass is 212 g/mol. The molecule has 2 saturated heterocycles. The molecule has 86 valence electrons. The Hall–Kier alpha value is -0.610. The average molecular weight is 212 g/mol. The smallest absolute Gasteiger partial charge is 0.307 e. The third-order valence-electron chi connectivity index (χ3n) is 3.78. The quantitative estimate of drug-likeness (QED) is 0.616. The number of carbonyl (C=O) groups is 1. The van der Waals surface area contributed by atoms with Gasteiger partial charge in [-0.1, -0.05) is 0 Å². The molecule has 2 fully saturated rings. The molecule has 2 rings (SSSR count). The van der Waals surface area contributed by atoms with Crippen LogP contribution in [-0.2, 0) is 4.79 Å². The zero-order chi connectivity index (χ0) is 10.7. The van der Waals surface area contributed by atoms with Crippen LogP contribution < -0.4 is 10.6 Å². The first-order valence-corrected chi connectivity index (χ1v) is 5.91. The summed E-state index contributed by atoms with van der Waals surface area (Å²) in [6.07, 6.45) is 3.28. The van der Waals surface area contributed by atoms with E-state index in [9.17, 15) is 4.79 Å². The molecule has 2 aliphatic rings. The first kappa shape index (κ1) is 10.9. The molecule has 4 heteroatoms. The molecule has 2 atom stereocenters. The number of hydrogen-bond donors (Lipinski definition) is 3. The van der Waals surface area contributed by atoms with E-state index >= 15 is 0 Å². The summed E-state index contributed by atoms with van der Waals surface area (Å²) >= 11 is 0. The first-order valence-electron chi connectivity index (χ1n) is 5.91. The molecule has 4 nitrogen and oxygen atoms in total. The summed E-state index contributed by atoms with van der Waals surface area (Å²) in [7, 11) is 0. The summed E-state index contributed by atoms with van der Waals surface area (Å²) in [4.78, 5) is 10.9. The molecule has 2 aliphatic heterocycles. The van der Waals surface area contributed by atoms with E-state index in [1.165, 1.54) is 12.8 Å². The number of piperidine rings is 2. The van der Waals surface area contributed by atoms with Crippen LogP contribution in [0.3, 0.4) is 0 Å². The minimum Gasteiger partial charge on any atom is -0.481 e. The summed E-state index contributed by atoms with van der Waals surface area (Å²) in [5.41, 5.74) is 0. The Balaban J connectivity index is 1.88. The van der Waals surface area contributed by atoms with Gasteiger partial charge in [-0.2, -0.15) is 0 Å². The van der Waals surface area contributed by atoms with Crippen molar-refractivity contribution in [3.8, 4) is 0 Å². The summed E-state index contributed by atoms with van der Waals surface area (Å²) in [5, 5.41) is 15.6. The summed E-state index contributed by atoms with van der Waals surface area (Å²) in [6, 6.07) is 0. The van der Waals surface area contributed by atoms with Crippen molar-refractivity contribution in [2.75, 3.05) is 26.2 Å². The van der Waals surface area contributed by atoms with E-state index in [4.69, 9.17) is 5.11 Å². The van der Waals surface area contributed by atoms with Crippen molar-refractivity contribution in [3.05, 3.63) is 0 Å². The third kappa shape index (κ3) is 2.69. The lowest BCUT2D eigenvalue weighted by Gasteiger charge is -2.35. The van der Waals surface area contributed by atoms with Gasteiger partial charge in [0.25, 0.3) is 0 Å². The summed E-state index contributed by atoms with van der Waals surface area (Å²) in [5.74, 6) is 0.489. The largest absolute Gasteiger partial charge is 0.481 e. The summed E-state index contributed by atoms with van der Waals surface area (Å²) < 4.78 is 0. The first-order chi connectivity index (χ1) is 7.27. The van der Waals surface area contributed by atoms with Crippen LogP contribution in [0.5, 0.6) is 0 Å². The minimum absolute atomic E-state index is 0.168. The Bertz CT molecular complexity index is 227. The van der Waals surface area contributed by atoms with E-state index < -0.39 is 5.97 Å². The second kappa shape index (κ2) is 4.94. The fraction of sp³-hybridized carbons (Fsp3) is 0.909. The Morgan fingerprint density at radius 1 is 1.07 bits per heavy atom. The standard InChI is InChI=1S/C11H20N2O2/c14-11(15)10-5-9(6-13-7-10)8-1-3-12-4-2-8/h8-10,12-13H,1-7H2,(H,14,15). The van der Waals surface area contributed by atoms with Crippen molar-refractivity contribution >= 4 is 5.97 Å². The van der Waals surface area contributed by atoms with E-state index in [-0.39, 0.29) is 5.92 Å². The molecule has 0 bridgehead atoms. The second-order valence-corrected chi connectivity index (χ2v) is 4.78. The van der Waals surface area contributed by atoms with Crippen LogP contribution in [0.2, 0.25) is 0 Å². The van der Waals surface area contributed by atoms with Gasteiger partial charge in [0.1, 0.15) is 0 Å². The average Bonchev–Trinajstić information content (AvgIpc) is 2.30. The van der Waals surface area contributed by atoms with E-state index in [1.54, 1.807) is 0 Å². The van der Waals surface area contributed by atoms with Crippen molar-refractivity contribution < 1.29 is 9.90 Å². The van der Waals surface area contributed by atoms with Crippen LogP contribution in [0, 0.1) is 17.8 Å². The lowest BCUT2D eigenvalue weighted by molar-refractivity contribution is -0.143. The van der Waals surface area contributed by atoms with Crippen LogP contribution in [0.1, 0.15) is 19.3 Å².